The van der Waals surface area contributed by atoms with Crippen molar-refractivity contribution in [3.05, 3.63) is 35.4 Å². The van der Waals surface area contributed by atoms with E-state index in [4.69, 9.17) is 4.74 Å². The molecule has 10 nitrogen and oxygen atoms in total. The number of benzene rings is 1. The van der Waals surface area contributed by atoms with Crippen LogP contribution in [0.4, 0.5) is 0 Å². The molecule has 7 rings (SSSR count). The van der Waals surface area contributed by atoms with Gasteiger partial charge in [0.2, 0.25) is 0 Å². The number of ether oxygens (including phenoxy) is 1. The molecule has 5 fully saturated rings. The molecule has 4 saturated carbocycles. The van der Waals surface area contributed by atoms with Crippen LogP contribution in [0.3, 0.4) is 0 Å². The highest BCUT2D eigenvalue weighted by Gasteiger charge is 2.80. The summed E-state index contributed by atoms with van der Waals surface area (Å²) in [6.45, 7) is 7.67. The second kappa shape index (κ2) is 10.7. The lowest BCUT2D eigenvalue weighted by Gasteiger charge is -2.62. The number of carbonyl (C=O) groups excluding carboxylic acids is 1. The van der Waals surface area contributed by atoms with Crippen molar-refractivity contribution >= 4 is 5.78 Å². The van der Waals surface area contributed by atoms with E-state index in [0.29, 0.717) is 30.4 Å². The normalized spacial score (nSPS) is 52.3. The fraction of sp³-hybridized carbons (Fsp3) is 0.757. The SMILES string of the molecule is CC1CCCC2(OC3CC4(O)C5=CC(=O)C6C(c7ccc(O)c(O)c7)C(O)C(O)CC6(C)C5CCC4(C)C3C2(O)CCO)C(O)C1C. The van der Waals surface area contributed by atoms with Crippen LogP contribution in [0.5, 0.6) is 11.5 Å². The highest BCUT2D eigenvalue weighted by atomic mass is 16.6. The molecule has 5 aliphatic carbocycles. The Morgan fingerprint density at radius 1 is 0.979 bits per heavy atom. The lowest BCUT2D eigenvalue weighted by molar-refractivity contribution is -0.232. The van der Waals surface area contributed by atoms with E-state index in [9.17, 15) is 45.6 Å². The average molecular weight is 657 g/mol. The first-order valence-corrected chi connectivity index (χ1v) is 17.6. The summed E-state index contributed by atoms with van der Waals surface area (Å²) >= 11 is 0. The Hall–Kier alpha value is -2.05. The number of aliphatic hydroxyl groups is 6. The van der Waals surface area contributed by atoms with Crippen molar-refractivity contribution in [2.75, 3.05) is 6.61 Å². The van der Waals surface area contributed by atoms with Gasteiger partial charge >= 0.3 is 0 Å². The maximum Gasteiger partial charge on any atom is 0.160 e. The zero-order chi connectivity index (χ0) is 34.1. The number of phenolic OH excluding ortho intramolecular Hbond substituents is 2. The predicted molar refractivity (Wildman–Crippen MR) is 170 cm³/mol. The van der Waals surface area contributed by atoms with Crippen molar-refractivity contribution in [2.45, 2.75) is 126 Å². The maximum atomic E-state index is 14.3. The fourth-order valence-electron chi connectivity index (χ4n) is 12.3. The molecule has 0 aromatic heterocycles. The monoisotopic (exact) mass is 656 g/mol. The summed E-state index contributed by atoms with van der Waals surface area (Å²) in [7, 11) is 0. The Morgan fingerprint density at radius 2 is 1.70 bits per heavy atom. The van der Waals surface area contributed by atoms with E-state index in [-0.39, 0.29) is 60.9 Å². The van der Waals surface area contributed by atoms with Gasteiger partial charge in [-0.15, -0.1) is 0 Å². The minimum absolute atomic E-state index is 0.00949. The second-order valence-electron chi connectivity index (χ2n) is 16.7. The maximum absolute atomic E-state index is 14.3. The van der Waals surface area contributed by atoms with E-state index >= 15 is 0 Å². The molecule has 260 valence electrons. The lowest BCUT2D eigenvalue weighted by atomic mass is 9.43. The van der Waals surface area contributed by atoms with Gasteiger partial charge in [-0.1, -0.05) is 46.6 Å². The van der Waals surface area contributed by atoms with E-state index in [0.717, 1.165) is 12.8 Å². The van der Waals surface area contributed by atoms with Crippen molar-refractivity contribution in [1.82, 2.24) is 0 Å². The Bertz CT molecular complexity index is 1480. The van der Waals surface area contributed by atoms with Crippen molar-refractivity contribution in [1.29, 1.82) is 0 Å². The molecule has 15 atom stereocenters. The van der Waals surface area contributed by atoms with Crippen LogP contribution in [-0.4, -0.2) is 94.5 Å². The molecule has 1 aromatic carbocycles. The third-order valence-corrected chi connectivity index (χ3v) is 14.8. The average Bonchev–Trinajstić information content (AvgIpc) is 3.35. The van der Waals surface area contributed by atoms with Crippen LogP contribution in [0.25, 0.3) is 0 Å². The van der Waals surface area contributed by atoms with Crippen LogP contribution in [-0.2, 0) is 9.53 Å². The number of rotatable bonds is 3. The Kier molecular flexibility index (Phi) is 7.63. The van der Waals surface area contributed by atoms with Crippen LogP contribution in [0.15, 0.2) is 29.8 Å². The third kappa shape index (κ3) is 4.12. The summed E-state index contributed by atoms with van der Waals surface area (Å²) in [5, 5.41) is 90.8. The number of allylic oxidation sites excluding steroid dienone is 1. The molecule has 6 aliphatic rings. The molecule has 1 aliphatic heterocycles. The van der Waals surface area contributed by atoms with E-state index in [1.807, 2.05) is 20.8 Å². The van der Waals surface area contributed by atoms with Crippen molar-refractivity contribution in [3.8, 4) is 11.5 Å². The number of phenols is 2. The molecular weight excluding hydrogens is 604 g/mol. The number of ketones is 1. The molecule has 0 bridgehead atoms. The minimum atomic E-state index is -1.63. The summed E-state index contributed by atoms with van der Waals surface area (Å²) in [5.41, 5.74) is -5.28. The molecule has 1 heterocycles. The van der Waals surface area contributed by atoms with Crippen LogP contribution >= 0.6 is 0 Å². The first kappa shape index (κ1) is 33.4. The molecule has 47 heavy (non-hydrogen) atoms. The van der Waals surface area contributed by atoms with Gasteiger partial charge in [-0.25, -0.2) is 0 Å². The van der Waals surface area contributed by atoms with E-state index in [2.05, 4.69) is 6.92 Å². The summed E-state index contributed by atoms with van der Waals surface area (Å²) in [6, 6.07) is 4.19. The predicted octanol–water partition coefficient (Wildman–Crippen LogP) is 2.67. The fourth-order valence-corrected chi connectivity index (χ4v) is 12.3. The summed E-state index contributed by atoms with van der Waals surface area (Å²) in [5.74, 6) is -3.48. The van der Waals surface area contributed by atoms with Gasteiger partial charge in [-0.2, -0.15) is 0 Å². The Morgan fingerprint density at radius 3 is 2.38 bits per heavy atom. The van der Waals surface area contributed by atoms with E-state index < -0.39 is 69.8 Å². The van der Waals surface area contributed by atoms with Gasteiger partial charge in [0, 0.05) is 42.6 Å². The van der Waals surface area contributed by atoms with Gasteiger partial charge in [0.05, 0.1) is 30.0 Å². The largest absolute Gasteiger partial charge is 0.504 e. The van der Waals surface area contributed by atoms with Gasteiger partial charge in [0.15, 0.2) is 17.3 Å². The molecular formula is C37H52O10. The second-order valence-corrected chi connectivity index (χ2v) is 16.7. The standard InChI is InChI=1S/C37H52O10/c1-18-6-5-10-37(32(44)19(18)2)35(45,12-13-38)31-27(47-37)17-36(46)22-15-25(41)29-28(20-7-8-23(39)24(40)14-20)30(43)26(42)16-33(29,3)21(22)9-11-34(31,36)4/h7-8,14-15,18-19,21,26-32,38-40,42-46H,5-6,9-13,16-17H2,1-4H3. The summed E-state index contributed by atoms with van der Waals surface area (Å²) in [6.07, 6.45) is 0.831. The van der Waals surface area contributed by atoms with Crippen molar-refractivity contribution in [2.24, 2.45) is 40.4 Å². The van der Waals surface area contributed by atoms with Gasteiger partial charge in [0.25, 0.3) is 0 Å². The number of aliphatic hydroxyl groups excluding tert-OH is 4. The van der Waals surface area contributed by atoms with Crippen molar-refractivity contribution < 1.29 is 50.4 Å². The van der Waals surface area contributed by atoms with Gasteiger partial charge in [-0.05, 0) is 78.2 Å². The van der Waals surface area contributed by atoms with Gasteiger partial charge < -0.3 is 45.6 Å². The molecule has 8 N–H and O–H groups in total. The van der Waals surface area contributed by atoms with Crippen molar-refractivity contribution in [3.63, 3.8) is 0 Å². The van der Waals surface area contributed by atoms with Crippen LogP contribution in [0.2, 0.25) is 0 Å². The summed E-state index contributed by atoms with van der Waals surface area (Å²) in [4.78, 5) is 14.3. The number of hydrogen-bond donors (Lipinski definition) is 8. The highest BCUT2D eigenvalue weighted by Crippen LogP contribution is 2.73. The third-order valence-electron chi connectivity index (χ3n) is 14.8. The Labute approximate surface area is 276 Å². The zero-order valence-corrected chi connectivity index (χ0v) is 27.8. The van der Waals surface area contributed by atoms with Gasteiger partial charge in [0.1, 0.15) is 11.2 Å². The molecule has 15 unspecified atom stereocenters. The number of carbonyl (C=O) groups is 1. The summed E-state index contributed by atoms with van der Waals surface area (Å²) < 4.78 is 6.88. The first-order chi connectivity index (χ1) is 22.0. The topological polar surface area (TPSA) is 188 Å². The molecule has 0 amide bonds. The van der Waals surface area contributed by atoms with Crippen LogP contribution in [0.1, 0.15) is 90.5 Å². The number of fused-ring (bicyclic) bond motifs is 7. The molecule has 1 saturated heterocycles. The number of aromatic hydroxyl groups is 2. The van der Waals surface area contributed by atoms with Crippen LogP contribution in [0, 0.1) is 40.4 Å². The smallest absolute Gasteiger partial charge is 0.160 e. The minimum Gasteiger partial charge on any atom is -0.504 e. The quantitative estimate of drug-likeness (QED) is 0.225. The molecule has 1 aromatic rings. The highest BCUT2D eigenvalue weighted by molar-refractivity contribution is 5.96. The lowest BCUT2D eigenvalue weighted by Crippen LogP contribution is -2.68. The molecule has 1 spiro atoms. The zero-order valence-electron chi connectivity index (χ0n) is 27.8. The Balaban J connectivity index is 1.31. The van der Waals surface area contributed by atoms with Gasteiger partial charge in [-0.3, -0.25) is 4.79 Å². The molecule has 0 radical (unpaired) electrons. The van der Waals surface area contributed by atoms with Crippen LogP contribution < -0.4 is 0 Å². The first-order valence-electron chi connectivity index (χ1n) is 17.6. The number of hydrogen-bond acceptors (Lipinski definition) is 10. The molecule has 10 heteroatoms. The van der Waals surface area contributed by atoms with E-state index in [1.165, 1.54) is 18.2 Å². The van der Waals surface area contributed by atoms with E-state index in [1.54, 1.807) is 6.07 Å².